The molecule has 1 heterocycles. The highest BCUT2D eigenvalue weighted by molar-refractivity contribution is 9.10. The SMILES string of the molecule is Cn1cc(CC(N)C(=O)O)nc1Br. The molecule has 1 aromatic rings. The van der Waals surface area contributed by atoms with Crippen LogP contribution in [0.15, 0.2) is 10.9 Å². The maximum atomic E-state index is 10.4. The van der Waals surface area contributed by atoms with E-state index < -0.39 is 12.0 Å². The molecule has 1 unspecified atom stereocenters. The number of carboxylic acid groups (broad SMARTS) is 1. The Balaban J connectivity index is 2.69. The van der Waals surface area contributed by atoms with Crippen LogP contribution in [0.25, 0.3) is 0 Å². The fourth-order valence-electron chi connectivity index (χ4n) is 0.914. The number of rotatable bonds is 3. The van der Waals surface area contributed by atoms with Gasteiger partial charge in [-0.2, -0.15) is 0 Å². The van der Waals surface area contributed by atoms with Crippen LogP contribution in [0.2, 0.25) is 0 Å². The van der Waals surface area contributed by atoms with Crippen LogP contribution in [-0.4, -0.2) is 26.7 Å². The molecule has 13 heavy (non-hydrogen) atoms. The molecule has 0 aliphatic rings. The molecule has 0 spiro atoms. The second-order valence-electron chi connectivity index (χ2n) is 2.76. The number of imidazole rings is 1. The van der Waals surface area contributed by atoms with Gasteiger partial charge in [0.05, 0.1) is 5.69 Å². The minimum absolute atomic E-state index is 0.245. The third kappa shape index (κ3) is 2.53. The summed E-state index contributed by atoms with van der Waals surface area (Å²) in [6.07, 6.45) is 1.99. The van der Waals surface area contributed by atoms with Crippen LogP contribution in [0.5, 0.6) is 0 Å². The summed E-state index contributed by atoms with van der Waals surface area (Å²) in [6.45, 7) is 0. The number of halogens is 1. The molecule has 0 saturated heterocycles. The largest absolute Gasteiger partial charge is 0.480 e. The topological polar surface area (TPSA) is 81.1 Å². The predicted molar refractivity (Wildman–Crippen MR) is 50.2 cm³/mol. The third-order valence-corrected chi connectivity index (χ3v) is 2.35. The second kappa shape index (κ2) is 3.89. The molecule has 6 heteroatoms. The summed E-state index contributed by atoms with van der Waals surface area (Å²) in [5.41, 5.74) is 6.01. The number of nitrogens with two attached hydrogens (primary N) is 1. The fourth-order valence-corrected chi connectivity index (χ4v) is 1.24. The summed E-state index contributed by atoms with van der Waals surface area (Å²) in [6, 6.07) is -0.887. The van der Waals surface area contributed by atoms with E-state index in [0.29, 0.717) is 10.4 Å². The zero-order valence-corrected chi connectivity index (χ0v) is 8.65. The lowest BCUT2D eigenvalue weighted by Crippen LogP contribution is -2.32. The average Bonchev–Trinajstić information content (AvgIpc) is 2.31. The van der Waals surface area contributed by atoms with Gasteiger partial charge < -0.3 is 15.4 Å². The molecule has 0 radical (unpaired) electrons. The van der Waals surface area contributed by atoms with E-state index in [-0.39, 0.29) is 6.42 Å². The smallest absolute Gasteiger partial charge is 0.320 e. The molecule has 0 aromatic carbocycles. The van der Waals surface area contributed by atoms with Crippen LogP contribution >= 0.6 is 15.9 Å². The highest BCUT2D eigenvalue weighted by Crippen LogP contribution is 2.09. The minimum Gasteiger partial charge on any atom is -0.480 e. The van der Waals surface area contributed by atoms with Crippen molar-refractivity contribution in [1.82, 2.24) is 9.55 Å². The van der Waals surface area contributed by atoms with E-state index in [9.17, 15) is 4.79 Å². The van der Waals surface area contributed by atoms with Crippen LogP contribution in [0.3, 0.4) is 0 Å². The van der Waals surface area contributed by atoms with E-state index in [1.165, 1.54) is 0 Å². The molecule has 5 nitrogen and oxygen atoms in total. The predicted octanol–water partition coefficient (Wildman–Crippen LogP) is 0.137. The van der Waals surface area contributed by atoms with Gasteiger partial charge in [0, 0.05) is 19.7 Å². The minimum atomic E-state index is -1.01. The van der Waals surface area contributed by atoms with Crippen molar-refractivity contribution in [2.75, 3.05) is 0 Å². The monoisotopic (exact) mass is 247 g/mol. The van der Waals surface area contributed by atoms with Gasteiger partial charge in [0.25, 0.3) is 0 Å². The molecule has 3 N–H and O–H groups in total. The van der Waals surface area contributed by atoms with Crippen molar-refractivity contribution >= 4 is 21.9 Å². The van der Waals surface area contributed by atoms with Crippen molar-refractivity contribution in [3.63, 3.8) is 0 Å². The van der Waals surface area contributed by atoms with Crippen LogP contribution in [-0.2, 0) is 18.3 Å². The van der Waals surface area contributed by atoms with E-state index >= 15 is 0 Å². The van der Waals surface area contributed by atoms with Crippen molar-refractivity contribution < 1.29 is 9.90 Å². The van der Waals surface area contributed by atoms with E-state index in [4.69, 9.17) is 10.8 Å². The second-order valence-corrected chi connectivity index (χ2v) is 3.47. The average molecular weight is 248 g/mol. The van der Waals surface area contributed by atoms with Crippen molar-refractivity contribution in [1.29, 1.82) is 0 Å². The zero-order valence-electron chi connectivity index (χ0n) is 7.07. The Labute approximate surface area is 83.7 Å². The maximum Gasteiger partial charge on any atom is 0.320 e. The van der Waals surface area contributed by atoms with Gasteiger partial charge in [-0.15, -0.1) is 0 Å². The lowest BCUT2D eigenvalue weighted by Gasteiger charge is -2.01. The van der Waals surface area contributed by atoms with Crippen LogP contribution in [0.1, 0.15) is 5.69 Å². The van der Waals surface area contributed by atoms with Crippen molar-refractivity contribution in [3.05, 3.63) is 16.6 Å². The number of aromatic nitrogens is 2. The molecule has 0 fully saturated rings. The Bertz CT molecular complexity index is 304. The Morgan fingerprint density at radius 1 is 1.92 bits per heavy atom. The number of aliphatic carboxylic acids is 1. The first-order chi connectivity index (χ1) is 6.00. The number of hydrogen-bond acceptors (Lipinski definition) is 3. The van der Waals surface area contributed by atoms with Crippen molar-refractivity contribution in [2.24, 2.45) is 12.8 Å². The molecule has 0 amide bonds. The van der Waals surface area contributed by atoms with Crippen molar-refractivity contribution in [3.8, 4) is 0 Å². The fraction of sp³-hybridized carbons (Fsp3) is 0.429. The number of nitrogens with zero attached hydrogens (tertiary/aromatic N) is 2. The lowest BCUT2D eigenvalue weighted by atomic mass is 10.2. The molecule has 72 valence electrons. The first kappa shape index (κ1) is 10.2. The van der Waals surface area contributed by atoms with Gasteiger partial charge in [-0.1, -0.05) is 0 Å². The lowest BCUT2D eigenvalue weighted by molar-refractivity contribution is -0.138. The molecule has 1 atom stereocenters. The zero-order chi connectivity index (χ0) is 10.0. The Kier molecular flexibility index (Phi) is 3.05. The Hall–Kier alpha value is -0.880. The van der Waals surface area contributed by atoms with E-state index in [0.717, 1.165) is 0 Å². The van der Waals surface area contributed by atoms with Gasteiger partial charge in [0.1, 0.15) is 6.04 Å². The first-order valence-corrected chi connectivity index (χ1v) is 4.46. The summed E-state index contributed by atoms with van der Waals surface area (Å²) in [7, 11) is 1.81. The third-order valence-electron chi connectivity index (χ3n) is 1.62. The molecular formula is C7H10BrN3O2. The highest BCUT2D eigenvalue weighted by Gasteiger charge is 2.14. The van der Waals surface area contributed by atoms with Gasteiger partial charge in [-0.3, -0.25) is 4.79 Å². The number of aryl methyl sites for hydroxylation is 1. The standard InChI is InChI=1S/C7H10BrN3O2/c1-11-3-4(10-7(11)8)2-5(9)6(12)13/h3,5H,2,9H2,1H3,(H,12,13). The molecule has 0 bridgehead atoms. The summed E-state index contributed by atoms with van der Waals surface area (Å²) in [4.78, 5) is 14.5. The number of carbonyl (C=O) groups is 1. The van der Waals surface area contributed by atoms with E-state index in [1.807, 2.05) is 7.05 Å². The normalized spacial score (nSPS) is 12.8. The van der Waals surface area contributed by atoms with Gasteiger partial charge >= 0.3 is 5.97 Å². The first-order valence-electron chi connectivity index (χ1n) is 3.67. The quantitative estimate of drug-likeness (QED) is 0.797. The molecule has 0 aliphatic carbocycles. The summed E-state index contributed by atoms with van der Waals surface area (Å²) < 4.78 is 2.42. The Morgan fingerprint density at radius 3 is 2.92 bits per heavy atom. The highest BCUT2D eigenvalue weighted by atomic mass is 79.9. The maximum absolute atomic E-state index is 10.4. The summed E-state index contributed by atoms with van der Waals surface area (Å²) in [5.74, 6) is -1.01. The van der Waals surface area contributed by atoms with Crippen LogP contribution in [0.4, 0.5) is 0 Å². The molecule has 0 aliphatic heterocycles. The van der Waals surface area contributed by atoms with E-state index in [2.05, 4.69) is 20.9 Å². The molecule has 1 rings (SSSR count). The molecule has 0 saturated carbocycles. The Morgan fingerprint density at radius 2 is 2.54 bits per heavy atom. The summed E-state index contributed by atoms with van der Waals surface area (Å²) in [5, 5.41) is 8.55. The van der Waals surface area contributed by atoms with Gasteiger partial charge in [0.2, 0.25) is 0 Å². The molecular weight excluding hydrogens is 238 g/mol. The van der Waals surface area contributed by atoms with Gasteiger partial charge in [-0.25, -0.2) is 4.98 Å². The van der Waals surface area contributed by atoms with Crippen LogP contribution < -0.4 is 5.73 Å². The van der Waals surface area contributed by atoms with Gasteiger partial charge in [0.15, 0.2) is 4.73 Å². The van der Waals surface area contributed by atoms with Crippen molar-refractivity contribution in [2.45, 2.75) is 12.5 Å². The number of carboxylic acids is 1. The molecule has 1 aromatic heterocycles. The summed E-state index contributed by atoms with van der Waals surface area (Å²) >= 11 is 3.21. The van der Waals surface area contributed by atoms with Gasteiger partial charge in [-0.05, 0) is 15.9 Å². The number of hydrogen-bond donors (Lipinski definition) is 2. The van der Waals surface area contributed by atoms with Crippen LogP contribution in [0, 0.1) is 0 Å². The van der Waals surface area contributed by atoms with E-state index in [1.54, 1.807) is 10.8 Å².